The topological polar surface area (TPSA) is 22.8 Å². The van der Waals surface area contributed by atoms with Crippen LogP contribution in [0.25, 0.3) is 60.7 Å². The Morgan fingerprint density at radius 1 is 0.611 bits per heavy atom. The molecule has 172 valence electrons. The van der Waals surface area contributed by atoms with E-state index in [1.165, 1.54) is 54.8 Å². The highest BCUT2D eigenvalue weighted by Gasteiger charge is 2.37. The van der Waals surface area contributed by atoms with Crippen molar-refractivity contribution in [1.82, 2.24) is 14.1 Å². The maximum Gasteiger partial charge on any atom is 0.215 e. The van der Waals surface area contributed by atoms with E-state index < -0.39 is 0 Å². The number of aromatic nitrogens is 3. The molecule has 2 aromatic heterocycles. The maximum atomic E-state index is 5.12. The van der Waals surface area contributed by atoms with E-state index in [0.717, 1.165) is 17.0 Å². The normalized spacial score (nSPS) is 14.2. The first-order valence-corrected chi connectivity index (χ1v) is 12.6. The van der Waals surface area contributed by atoms with Gasteiger partial charge in [0.1, 0.15) is 0 Å². The minimum Gasteiger partial charge on any atom is -0.313 e. The van der Waals surface area contributed by atoms with Crippen molar-refractivity contribution in [2.75, 3.05) is 0 Å². The van der Waals surface area contributed by atoms with Crippen LogP contribution >= 0.6 is 0 Å². The van der Waals surface area contributed by atoms with Gasteiger partial charge in [-0.1, -0.05) is 92.7 Å². The molecule has 3 nitrogen and oxygen atoms in total. The lowest BCUT2D eigenvalue weighted by Crippen LogP contribution is -2.15. The highest BCUT2D eigenvalue weighted by atomic mass is 15.2. The average molecular weight is 464 g/mol. The number of aryl methyl sites for hydroxylation is 1. The lowest BCUT2D eigenvalue weighted by atomic mass is 9.80. The second-order valence-corrected chi connectivity index (χ2v) is 10.5. The summed E-state index contributed by atoms with van der Waals surface area (Å²) in [4.78, 5) is 5.12. The van der Waals surface area contributed by atoms with E-state index in [-0.39, 0.29) is 5.41 Å². The summed E-state index contributed by atoms with van der Waals surface area (Å²) >= 11 is 0. The van der Waals surface area contributed by atoms with Crippen molar-refractivity contribution in [3.8, 4) is 17.1 Å². The third kappa shape index (κ3) is 2.31. The molecule has 0 saturated carbocycles. The summed E-state index contributed by atoms with van der Waals surface area (Å²) in [6, 6.07) is 35.3. The Balaban J connectivity index is 1.56. The van der Waals surface area contributed by atoms with Crippen molar-refractivity contribution in [3.63, 3.8) is 0 Å². The molecule has 0 amide bonds. The Kier molecular flexibility index (Phi) is 3.67. The van der Waals surface area contributed by atoms with Gasteiger partial charge >= 0.3 is 0 Å². The van der Waals surface area contributed by atoms with Gasteiger partial charge in [-0.3, -0.25) is 4.57 Å². The summed E-state index contributed by atoms with van der Waals surface area (Å²) in [6.07, 6.45) is 0. The van der Waals surface area contributed by atoms with E-state index in [1.54, 1.807) is 0 Å². The maximum absolute atomic E-state index is 5.12. The van der Waals surface area contributed by atoms with E-state index in [4.69, 9.17) is 4.98 Å². The van der Waals surface area contributed by atoms with Gasteiger partial charge in [-0.15, -0.1) is 0 Å². The number of benzene rings is 5. The Morgan fingerprint density at radius 2 is 1.28 bits per heavy atom. The first-order valence-electron chi connectivity index (χ1n) is 12.6. The zero-order chi connectivity index (χ0) is 24.2. The molecule has 7 aromatic rings. The fourth-order valence-corrected chi connectivity index (χ4v) is 6.70. The molecule has 0 saturated heterocycles. The minimum absolute atomic E-state index is 0.0616. The third-order valence-electron chi connectivity index (χ3n) is 8.31. The fourth-order valence-electron chi connectivity index (χ4n) is 6.70. The summed E-state index contributed by atoms with van der Waals surface area (Å²) in [5.41, 5.74) is 10.0. The number of hydrogen-bond acceptors (Lipinski definition) is 1. The van der Waals surface area contributed by atoms with Gasteiger partial charge in [-0.05, 0) is 45.8 Å². The smallest absolute Gasteiger partial charge is 0.215 e. The molecule has 1 aliphatic rings. The van der Waals surface area contributed by atoms with E-state index in [0.29, 0.717) is 0 Å². The molecule has 3 heteroatoms. The Hall–Kier alpha value is -4.37. The molecule has 0 radical (unpaired) electrons. The highest BCUT2D eigenvalue weighted by molar-refractivity contribution is 6.20. The van der Waals surface area contributed by atoms with E-state index in [2.05, 4.69) is 127 Å². The molecule has 0 bridgehead atoms. The predicted octanol–water partition coefficient (Wildman–Crippen LogP) is 8.13. The quantitative estimate of drug-likeness (QED) is 0.241. The molecule has 8 rings (SSSR count). The number of nitrogens with zero attached hydrogens (tertiary/aromatic N) is 3. The first-order chi connectivity index (χ1) is 17.6. The van der Waals surface area contributed by atoms with Crippen LogP contribution in [0.1, 0.15) is 25.0 Å². The molecule has 36 heavy (non-hydrogen) atoms. The minimum atomic E-state index is -0.0616. The van der Waals surface area contributed by atoms with Crippen LogP contribution in [-0.4, -0.2) is 14.1 Å². The van der Waals surface area contributed by atoms with Gasteiger partial charge in [0.15, 0.2) is 0 Å². The van der Waals surface area contributed by atoms with E-state index in [9.17, 15) is 0 Å². The van der Waals surface area contributed by atoms with E-state index >= 15 is 0 Å². The number of rotatable bonds is 1. The summed E-state index contributed by atoms with van der Waals surface area (Å²) in [7, 11) is 2.12. The van der Waals surface area contributed by atoms with Gasteiger partial charge in [0.2, 0.25) is 5.95 Å². The standard InChI is InChI=1S/C33H25N3/c1-33(2)26-12-6-4-10-20(26)22-16-19-25-23(30(22)33)17-18-24-21-11-5-8-14-28(21)36(31(24)25)32-34-27-13-7-9-15-29(27)35(32)3/h4-19H,1-3H3. The largest absolute Gasteiger partial charge is 0.313 e. The number of imidazole rings is 1. The molecular weight excluding hydrogens is 438 g/mol. The molecule has 5 aromatic carbocycles. The van der Waals surface area contributed by atoms with Gasteiger partial charge in [-0.2, -0.15) is 0 Å². The van der Waals surface area contributed by atoms with Crippen molar-refractivity contribution in [2.24, 2.45) is 7.05 Å². The second-order valence-electron chi connectivity index (χ2n) is 10.5. The Bertz CT molecular complexity index is 2030. The second kappa shape index (κ2) is 6.64. The summed E-state index contributed by atoms with van der Waals surface area (Å²) in [5.74, 6) is 0.943. The zero-order valence-corrected chi connectivity index (χ0v) is 20.6. The molecule has 2 heterocycles. The first kappa shape index (κ1) is 19.9. The van der Waals surface area contributed by atoms with Crippen LogP contribution in [0.4, 0.5) is 0 Å². The van der Waals surface area contributed by atoms with Crippen molar-refractivity contribution in [1.29, 1.82) is 0 Å². The monoisotopic (exact) mass is 463 g/mol. The van der Waals surface area contributed by atoms with Gasteiger partial charge < -0.3 is 4.57 Å². The van der Waals surface area contributed by atoms with Crippen LogP contribution in [0.3, 0.4) is 0 Å². The lowest BCUT2D eigenvalue weighted by Gasteiger charge is -2.23. The third-order valence-corrected chi connectivity index (χ3v) is 8.31. The van der Waals surface area contributed by atoms with Crippen molar-refractivity contribution >= 4 is 43.6 Å². The molecule has 0 atom stereocenters. The Labute approximate surface area is 209 Å². The van der Waals surface area contributed by atoms with Gasteiger partial charge in [0.25, 0.3) is 0 Å². The highest BCUT2D eigenvalue weighted by Crippen LogP contribution is 2.52. The van der Waals surface area contributed by atoms with Gasteiger partial charge in [-0.25, -0.2) is 4.98 Å². The molecule has 0 fully saturated rings. The van der Waals surface area contributed by atoms with Crippen LogP contribution < -0.4 is 0 Å². The number of para-hydroxylation sites is 3. The van der Waals surface area contributed by atoms with Gasteiger partial charge in [0, 0.05) is 28.6 Å². The molecule has 0 spiro atoms. The average Bonchev–Trinajstić information content (AvgIpc) is 3.50. The zero-order valence-electron chi connectivity index (χ0n) is 20.6. The van der Waals surface area contributed by atoms with Crippen LogP contribution in [0.5, 0.6) is 0 Å². The summed E-state index contributed by atoms with van der Waals surface area (Å²) in [5, 5.41) is 5.11. The van der Waals surface area contributed by atoms with Crippen molar-refractivity contribution < 1.29 is 0 Å². The summed E-state index contributed by atoms with van der Waals surface area (Å²) < 4.78 is 4.59. The lowest BCUT2D eigenvalue weighted by molar-refractivity contribution is 0.666. The molecule has 1 aliphatic carbocycles. The van der Waals surface area contributed by atoms with Gasteiger partial charge in [0.05, 0.1) is 22.1 Å². The summed E-state index contributed by atoms with van der Waals surface area (Å²) in [6.45, 7) is 4.73. The van der Waals surface area contributed by atoms with Crippen molar-refractivity contribution in [2.45, 2.75) is 19.3 Å². The fraction of sp³-hybridized carbons (Fsp3) is 0.121. The van der Waals surface area contributed by atoms with Crippen LogP contribution in [-0.2, 0) is 12.5 Å². The van der Waals surface area contributed by atoms with Crippen LogP contribution in [0.15, 0.2) is 97.1 Å². The Morgan fingerprint density at radius 3 is 2.14 bits per heavy atom. The van der Waals surface area contributed by atoms with Crippen LogP contribution in [0, 0.1) is 0 Å². The molecule has 0 unspecified atom stereocenters. The molecule has 0 aliphatic heterocycles. The molecular formula is C33H25N3. The molecule has 0 N–H and O–H groups in total. The van der Waals surface area contributed by atoms with E-state index in [1.807, 2.05) is 0 Å². The van der Waals surface area contributed by atoms with Crippen LogP contribution in [0.2, 0.25) is 0 Å². The number of hydrogen-bond donors (Lipinski definition) is 0. The van der Waals surface area contributed by atoms with Crippen molar-refractivity contribution in [3.05, 3.63) is 108 Å². The SMILES string of the molecule is Cn1c(-n2c3ccccc3c3ccc4c5c(ccc4c32)-c2ccccc2C5(C)C)nc2ccccc21. The predicted molar refractivity (Wildman–Crippen MR) is 150 cm³/mol. The number of fused-ring (bicyclic) bond motifs is 10.